The predicted octanol–water partition coefficient (Wildman–Crippen LogP) is 3.30. The molecule has 1 heterocycles. The van der Waals surface area contributed by atoms with Gasteiger partial charge in [0.1, 0.15) is 11.4 Å². The van der Waals surface area contributed by atoms with E-state index in [4.69, 9.17) is 16.3 Å². The summed E-state index contributed by atoms with van der Waals surface area (Å²) in [6, 6.07) is 3.71. The molecule has 1 saturated heterocycles. The van der Waals surface area contributed by atoms with Gasteiger partial charge in [0.15, 0.2) is 0 Å². The Labute approximate surface area is 158 Å². The van der Waals surface area contributed by atoms with Crippen molar-refractivity contribution in [3.63, 3.8) is 0 Å². The number of amides is 1. The van der Waals surface area contributed by atoms with E-state index in [1.165, 1.54) is 22.5 Å². The van der Waals surface area contributed by atoms with Gasteiger partial charge in [-0.05, 0) is 45.7 Å². The number of piperidine rings is 1. The Bertz CT molecular complexity index is 744. The summed E-state index contributed by atoms with van der Waals surface area (Å²) in [5.41, 5.74) is -0.678. The number of hydrogen-bond donors (Lipinski definition) is 1. The maximum absolute atomic E-state index is 13.9. The largest absolute Gasteiger partial charge is 0.444 e. The number of nitrogens with zero attached hydrogens (tertiary/aromatic N) is 1. The van der Waals surface area contributed by atoms with Crippen LogP contribution in [0.2, 0.25) is 5.02 Å². The molecule has 1 aliphatic heterocycles. The number of nitrogens with one attached hydrogen (secondary N) is 1. The lowest BCUT2D eigenvalue weighted by Crippen LogP contribution is -2.50. The zero-order chi connectivity index (χ0) is 19.5. The average Bonchev–Trinajstić information content (AvgIpc) is 2.49. The van der Waals surface area contributed by atoms with Crippen LogP contribution >= 0.6 is 11.6 Å². The fourth-order valence-electron chi connectivity index (χ4n) is 2.73. The Hall–Kier alpha value is -1.38. The number of benzene rings is 1. The minimum Gasteiger partial charge on any atom is -0.444 e. The summed E-state index contributed by atoms with van der Waals surface area (Å²) >= 11 is 5.94. The van der Waals surface area contributed by atoms with Crippen LogP contribution in [0.1, 0.15) is 39.2 Å². The number of rotatable bonds is 4. The summed E-state index contributed by atoms with van der Waals surface area (Å²) in [5, 5.41) is 2.77. The van der Waals surface area contributed by atoms with Gasteiger partial charge in [-0.25, -0.2) is 17.6 Å². The van der Waals surface area contributed by atoms with Crippen LogP contribution in [-0.4, -0.2) is 43.5 Å². The molecule has 2 rings (SSSR count). The van der Waals surface area contributed by atoms with Crippen LogP contribution in [0.15, 0.2) is 18.2 Å². The molecular weight excluding hydrogens is 383 g/mol. The lowest BCUT2D eigenvalue weighted by atomic mass is 10.1. The van der Waals surface area contributed by atoms with Crippen LogP contribution in [0.5, 0.6) is 0 Å². The lowest BCUT2D eigenvalue weighted by molar-refractivity contribution is 0.0487. The molecule has 1 amide bonds. The van der Waals surface area contributed by atoms with Crippen molar-refractivity contribution in [2.24, 2.45) is 0 Å². The smallest absolute Gasteiger partial charge is 0.407 e. The number of hydrogen-bond acceptors (Lipinski definition) is 4. The van der Waals surface area contributed by atoms with Crippen molar-refractivity contribution < 1.29 is 22.3 Å². The van der Waals surface area contributed by atoms with Crippen LogP contribution in [0.25, 0.3) is 0 Å². The highest BCUT2D eigenvalue weighted by Gasteiger charge is 2.31. The molecule has 0 spiro atoms. The Kier molecular flexibility index (Phi) is 6.52. The SMILES string of the molecule is CC(C)(C)OC(=O)N[C@@H]1CCCN(S(=O)(=O)Cc2c(F)cccc2Cl)C1. The maximum Gasteiger partial charge on any atom is 0.407 e. The monoisotopic (exact) mass is 406 g/mol. The van der Waals surface area contributed by atoms with Crippen LogP contribution in [-0.2, 0) is 20.5 Å². The van der Waals surface area contributed by atoms with E-state index in [0.29, 0.717) is 19.4 Å². The molecule has 1 aliphatic rings. The molecule has 1 atom stereocenters. The second-order valence-corrected chi connectivity index (χ2v) is 9.68. The number of sulfonamides is 1. The molecule has 1 aromatic carbocycles. The summed E-state index contributed by atoms with van der Waals surface area (Å²) in [6.07, 6.45) is 0.648. The summed E-state index contributed by atoms with van der Waals surface area (Å²) in [6.45, 7) is 5.70. The number of ether oxygens (including phenoxy) is 1. The number of carbonyl (C=O) groups is 1. The van der Waals surface area contributed by atoms with Gasteiger partial charge in [0.05, 0.1) is 5.75 Å². The molecule has 0 saturated carbocycles. The Morgan fingerprint density at radius 1 is 1.42 bits per heavy atom. The molecule has 1 fully saturated rings. The molecule has 26 heavy (non-hydrogen) atoms. The standard InChI is InChI=1S/C17H24ClFN2O4S/c1-17(2,3)25-16(22)20-12-6-5-9-21(10-12)26(23,24)11-13-14(18)7-4-8-15(13)19/h4,7-8,12H,5-6,9-11H2,1-3H3,(H,20,22)/t12-/m1/s1. The molecule has 0 aromatic heterocycles. The summed E-state index contributed by atoms with van der Waals surface area (Å²) in [5.74, 6) is -1.17. The first kappa shape index (κ1) is 20.9. The third kappa shape index (κ3) is 5.82. The van der Waals surface area contributed by atoms with Crippen LogP contribution in [0.4, 0.5) is 9.18 Å². The van der Waals surface area contributed by atoms with Crippen molar-refractivity contribution in [1.29, 1.82) is 0 Å². The van der Waals surface area contributed by atoms with Crippen molar-refractivity contribution in [3.8, 4) is 0 Å². The van der Waals surface area contributed by atoms with Gasteiger partial charge in [-0.3, -0.25) is 0 Å². The first-order valence-corrected chi connectivity index (χ1v) is 10.4. The number of carbonyl (C=O) groups excluding carboxylic acids is 1. The Morgan fingerprint density at radius 3 is 2.73 bits per heavy atom. The number of halogens is 2. The molecule has 9 heteroatoms. The summed E-state index contributed by atoms with van der Waals surface area (Å²) in [4.78, 5) is 11.9. The zero-order valence-corrected chi connectivity index (χ0v) is 16.7. The Balaban J connectivity index is 2.04. The highest BCUT2D eigenvalue weighted by Crippen LogP contribution is 2.24. The highest BCUT2D eigenvalue weighted by molar-refractivity contribution is 7.88. The number of alkyl carbamates (subject to hydrolysis) is 1. The van der Waals surface area contributed by atoms with E-state index in [-0.39, 0.29) is 23.2 Å². The summed E-state index contributed by atoms with van der Waals surface area (Å²) in [7, 11) is -3.77. The molecule has 1 N–H and O–H groups in total. The van der Waals surface area contributed by atoms with E-state index in [2.05, 4.69) is 5.32 Å². The molecular formula is C17H24ClFN2O4S. The van der Waals surface area contributed by atoms with E-state index in [0.717, 1.165) is 0 Å². The van der Waals surface area contributed by atoms with E-state index in [1.54, 1.807) is 20.8 Å². The van der Waals surface area contributed by atoms with Gasteiger partial charge in [0, 0.05) is 29.7 Å². The first-order valence-electron chi connectivity index (χ1n) is 8.38. The topological polar surface area (TPSA) is 75.7 Å². The van der Waals surface area contributed by atoms with E-state index < -0.39 is 33.3 Å². The second-order valence-electron chi connectivity index (χ2n) is 7.30. The molecule has 0 radical (unpaired) electrons. The molecule has 0 unspecified atom stereocenters. The van der Waals surface area contributed by atoms with Gasteiger partial charge < -0.3 is 10.1 Å². The second kappa shape index (κ2) is 8.10. The first-order chi connectivity index (χ1) is 12.0. The van der Waals surface area contributed by atoms with Gasteiger partial charge in [-0.1, -0.05) is 17.7 Å². The van der Waals surface area contributed by atoms with E-state index in [1.807, 2.05) is 0 Å². The quantitative estimate of drug-likeness (QED) is 0.832. The van der Waals surface area contributed by atoms with Crippen LogP contribution in [0.3, 0.4) is 0 Å². The lowest BCUT2D eigenvalue weighted by Gasteiger charge is -2.33. The van der Waals surface area contributed by atoms with Crippen molar-refractivity contribution in [3.05, 3.63) is 34.6 Å². The normalized spacial score (nSPS) is 19.2. The zero-order valence-electron chi connectivity index (χ0n) is 15.1. The van der Waals surface area contributed by atoms with Gasteiger partial charge in [0.25, 0.3) is 0 Å². The van der Waals surface area contributed by atoms with Gasteiger partial charge >= 0.3 is 6.09 Å². The van der Waals surface area contributed by atoms with Gasteiger partial charge in [0.2, 0.25) is 10.0 Å². The van der Waals surface area contributed by atoms with Gasteiger partial charge in [-0.2, -0.15) is 4.31 Å². The van der Waals surface area contributed by atoms with Crippen LogP contribution in [0, 0.1) is 5.82 Å². The Morgan fingerprint density at radius 2 is 2.12 bits per heavy atom. The molecule has 0 bridgehead atoms. The van der Waals surface area contributed by atoms with Crippen molar-refractivity contribution in [2.45, 2.75) is 51.0 Å². The maximum atomic E-state index is 13.9. The minimum atomic E-state index is -3.77. The van der Waals surface area contributed by atoms with Crippen molar-refractivity contribution in [2.75, 3.05) is 13.1 Å². The fourth-order valence-corrected chi connectivity index (χ4v) is 4.70. The molecule has 0 aliphatic carbocycles. The average molecular weight is 407 g/mol. The third-order valence-corrected chi connectivity index (χ3v) is 6.01. The van der Waals surface area contributed by atoms with Crippen molar-refractivity contribution >= 4 is 27.7 Å². The minimum absolute atomic E-state index is 0.0450. The van der Waals surface area contributed by atoms with Crippen LogP contribution < -0.4 is 5.32 Å². The third-order valence-electron chi connectivity index (χ3n) is 3.89. The van der Waals surface area contributed by atoms with E-state index in [9.17, 15) is 17.6 Å². The predicted molar refractivity (Wildman–Crippen MR) is 98.0 cm³/mol. The highest BCUT2D eigenvalue weighted by atomic mass is 35.5. The van der Waals surface area contributed by atoms with Crippen molar-refractivity contribution in [1.82, 2.24) is 9.62 Å². The summed E-state index contributed by atoms with van der Waals surface area (Å²) < 4.78 is 45.7. The molecule has 1 aromatic rings. The molecule has 146 valence electrons. The fraction of sp³-hybridized carbons (Fsp3) is 0.588. The van der Waals surface area contributed by atoms with Gasteiger partial charge in [-0.15, -0.1) is 0 Å². The van der Waals surface area contributed by atoms with E-state index >= 15 is 0 Å². The molecule has 6 nitrogen and oxygen atoms in total.